The molecule has 0 unspecified atom stereocenters. The van der Waals surface area contributed by atoms with Crippen LogP contribution in [-0.4, -0.2) is 25.3 Å². The summed E-state index contributed by atoms with van der Waals surface area (Å²) in [5.74, 6) is -0.993. The number of hydrogen-bond donors (Lipinski definition) is 1. The van der Waals surface area contributed by atoms with E-state index in [0.29, 0.717) is 0 Å². The lowest BCUT2D eigenvalue weighted by atomic mass is 10.2. The lowest BCUT2D eigenvalue weighted by Crippen LogP contribution is -2.12. The molecule has 0 bridgehead atoms. The summed E-state index contributed by atoms with van der Waals surface area (Å²) in [6.45, 7) is 0. The number of halogens is 4. The molecule has 0 aliphatic heterocycles. The quantitative estimate of drug-likeness (QED) is 0.502. The molecule has 0 atom stereocenters. The monoisotopic (exact) mass is 429 g/mol. The molecule has 0 fully saturated rings. The largest absolute Gasteiger partial charge is 0.494 e. The molecular formula is C17H11F4N3O4S. The third-order valence-corrected chi connectivity index (χ3v) is 5.17. The molecular weight excluding hydrogens is 418 g/mol. The highest BCUT2D eigenvalue weighted by Gasteiger charge is 2.40. The molecule has 0 aliphatic rings. The summed E-state index contributed by atoms with van der Waals surface area (Å²) in [7, 11) is -2.77. The second-order valence-corrected chi connectivity index (χ2v) is 7.62. The fraction of sp³-hybridized carbons (Fsp3) is 0.118. The molecule has 2 heterocycles. The number of rotatable bonds is 3. The molecule has 2 N–H and O–H groups in total. The third kappa shape index (κ3) is 3.09. The van der Waals surface area contributed by atoms with Gasteiger partial charge in [-0.15, -0.1) is 0 Å². The average molecular weight is 429 g/mol. The smallest absolute Gasteiger partial charge is 0.438 e. The molecule has 4 aromatic rings. The standard InChI is InChI=1S/C17H11F4N3O4S/c1-27-13-6-10-12(7-11(13)18)28-15-14(10)24(23-16(15)17(19,20)21)8-2-4-9(5-3-8)29(22,25)26/h2-7H,1H3,(H2,22,25,26). The van der Waals surface area contributed by atoms with Gasteiger partial charge in [0.1, 0.15) is 11.1 Å². The van der Waals surface area contributed by atoms with Gasteiger partial charge in [0.25, 0.3) is 0 Å². The van der Waals surface area contributed by atoms with Gasteiger partial charge in [-0.3, -0.25) is 0 Å². The van der Waals surface area contributed by atoms with Crippen molar-refractivity contribution in [3.05, 3.63) is 47.9 Å². The van der Waals surface area contributed by atoms with Crippen molar-refractivity contribution in [2.75, 3.05) is 7.11 Å². The molecule has 7 nitrogen and oxygen atoms in total. The molecule has 0 aliphatic carbocycles. The second kappa shape index (κ2) is 6.19. The SMILES string of the molecule is COc1cc2c(cc1F)oc1c(C(F)(F)F)nn(-c3ccc(S(N)(=O)=O)cc3)c12. The summed E-state index contributed by atoms with van der Waals surface area (Å²) in [4.78, 5) is -0.221. The van der Waals surface area contributed by atoms with Gasteiger partial charge in [-0.2, -0.15) is 18.3 Å². The first kappa shape index (κ1) is 19.2. The molecule has 0 radical (unpaired) electrons. The number of primary sulfonamides is 1. The molecule has 0 saturated heterocycles. The van der Waals surface area contributed by atoms with Crippen LogP contribution in [0.15, 0.2) is 45.7 Å². The van der Waals surface area contributed by atoms with Gasteiger partial charge in [-0.1, -0.05) is 0 Å². The zero-order valence-corrected chi connectivity index (χ0v) is 15.3. The minimum absolute atomic E-state index is 0.0750. The van der Waals surface area contributed by atoms with Crippen LogP contribution in [0.2, 0.25) is 0 Å². The molecule has 0 spiro atoms. The Morgan fingerprint density at radius 1 is 1.17 bits per heavy atom. The first-order chi connectivity index (χ1) is 13.5. The Morgan fingerprint density at radius 3 is 2.38 bits per heavy atom. The number of methoxy groups -OCH3 is 1. The summed E-state index contributed by atoms with van der Waals surface area (Å²) < 4.78 is 88.3. The number of furan rings is 1. The van der Waals surface area contributed by atoms with E-state index >= 15 is 0 Å². The molecule has 29 heavy (non-hydrogen) atoms. The van der Waals surface area contributed by atoms with Gasteiger partial charge in [0, 0.05) is 6.07 Å². The van der Waals surface area contributed by atoms with Crippen molar-refractivity contribution < 1.29 is 35.1 Å². The summed E-state index contributed by atoms with van der Waals surface area (Å²) in [5, 5.41) is 8.77. The maximum Gasteiger partial charge on any atom is 0.438 e. The Labute approximate surface area is 160 Å². The number of aromatic nitrogens is 2. The van der Waals surface area contributed by atoms with Gasteiger partial charge >= 0.3 is 6.18 Å². The van der Waals surface area contributed by atoms with Crippen molar-refractivity contribution in [3.63, 3.8) is 0 Å². The minimum Gasteiger partial charge on any atom is -0.494 e. The Hall–Kier alpha value is -3.12. The van der Waals surface area contributed by atoms with E-state index in [-0.39, 0.29) is 32.8 Å². The number of nitrogens with two attached hydrogens (primary N) is 1. The number of hydrogen-bond acceptors (Lipinski definition) is 5. The van der Waals surface area contributed by atoms with Crippen molar-refractivity contribution in [2.45, 2.75) is 11.1 Å². The van der Waals surface area contributed by atoms with Gasteiger partial charge < -0.3 is 9.15 Å². The zero-order chi connectivity index (χ0) is 21.1. The summed E-state index contributed by atoms with van der Waals surface area (Å²) in [5.41, 5.74) is -1.98. The van der Waals surface area contributed by atoms with E-state index in [1.54, 1.807) is 0 Å². The normalized spacial score (nSPS) is 12.8. The van der Waals surface area contributed by atoms with Crippen LogP contribution in [-0.2, 0) is 16.2 Å². The Bertz CT molecular complexity index is 1360. The van der Waals surface area contributed by atoms with Gasteiger partial charge in [-0.05, 0) is 30.3 Å². The van der Waals surface area contributed by atoms with Crippen LogP contribution in [0.25, 0.3) is 27.8 Å². The molecule has 4 rings (SSSR count). The number of alkyl halides is 3. The predicted molar refractivity (Wildman–Crippen MR) is 93.7 cm³/mol. The summed E-state index contributed by atoms with van der Waals surface area (Å²) >= 11 is 0. The van der Waals surface area contributed by atoms with E-state index in [1.165, 1.54) is 25.3 Å². The van der Waals surface area contributed by atoms with Crippen molar-refractivity contribution in [3.8, 4) is 11.4 Å². The highest BCUT2D eigenvalue weighted by Crippen LogP contribution is 2.41. The molecule has 12 heteroatoms. The second-order valence-electron chi connectivity index (χ2n) is 6.06. The van der Waals surface area contributed by atoms with Crippen LogP contribution in [0.1, 0.15) is 5.69 Å². The lowest BCUT2D eigenvalue weighted by molar-refractivity contribution is -0.140. The maximum absolute atomic E-state index is 14.0. The zero-order valence-electron chi connectivity index (χ0n) is 14.5. The van der Waals surface area contributed by atoms with E-state index in [1.807, 2.05) is 0 Å². The Kier molecular flexibility index (Phi) is 4.10. The topological polar surface area (TPSA) is 100 Å². The number of sulfonamides is 1. The van der Waals surface area contributed by atoms with E-state index in [0.717, 1.165) is 22.9 Å². The fourth-order valence-electron chi connectivity index (χ4n) is 2.96. The van der Waals surface area contributed by atoms with Crippen LogP contribution in [0.4, 0.5) is 17.6 Å². The minimum atomic E-state index is -4.85. The third-order valence-electron chi connectivity index (χ3n) is 4.24. The molecule has 0 amide bonds. The average Bonchev–Trinajstić information content (AvgIpc) is 3.16. The highest BCUT2D eigenvalue weighted by atomic mass is 32.2. The number of fused-ring (bicyclic) bond motifs is 3. The molecule has 152 valence electrons. The molecule has 2 aromatic carbocycles. The number of benzene rings is 2. The first-order valence-electron chi connectivity index (χ1n) is 7.90. The predicted octanol–water partition coefficient (Wildman–Crippen LogP) is 3.59. The van der Waals surface area contributed by atoms with Crippen molar-refractivity contribution in [2.24, 2.45) is 5.14 Å². The first-order valence-corrected chi connectivity index (χ1v) is 9.44. The van der Waals surface area contributed by atoms with Crippen LogP contribution >= 0.6 is 0 Å². The summed E-state index contributed by atoms with van der Waals surface area (Å²) in [6, 6.07) is 6.87. The number of ether oxygens (including phenoxy) is 1. The van der Waals surface area contributed by atoms with E-state index < -0.39 is 33.3 Å². The fourth-order valence-corrected chi connectivity index (χ4v) is 3.47. The van der Waals surface area contributed by atoms with Gasteiger partial charge in [0.2, 0.25) is 15.7 Å². The van der Waals surface area contributed by atoms with Crippen molar-refractivity contribution in [1.82, 2.24) is 9.78 Å². The van der Waals surface area contributed by atoms with Crippen molar-refractivity contribution in [1.29, 1.82) is 0 Å². The van der Waals surface area contributed by atoms with E-state index in [2.05, 4.69) is 5.10 Å². The molecule has 0 saturated carbocycles. The van der Waals surface area contributed by atoms with E-state index in [9.17, 15) is 26.0 Å². The Morgan fingerprint density at radius 2 is 1.83 bits per heavy atom. The number of nitrogens with zero attached hydrogens (tertiary/aromatic N) is 2. The van der Waals surface area contributed by atoms with Gasteiger partial charge in [0.05, 0.1) is 23.1 Å². The maximum atomic E-state index is 14.0. The van der Waals surface area contributed by atoms with E-state index in [4.69, 9.17) is 14.3 Å². The van der Waals surface area contributed by atoms with Gasteiger partial charge in [-0.25, -0.2) is 22.6 Å². The Balaban J connectivity index is 2.06. The van der Waals surface area contributed by atoms with Crippen LogP contribution < -0.4 is 9.88 Å². The van der Waals surface area contributed by atoms with Crippen molar-refractivity contribution >= 4 is 32.1 Å². The molecule has 2 aromatic heterocycles. The van der Waals surface area contributed by atoms with Gasteiger partial charge in [0.15, 0.2) is 17.1 Å². The van der Waals surface area contributed by atoms with Crippen LogP contribution in [0, 0.1) is 5.82 Å². The highest BCUT2D eigenvalue weighted by molar-refractivity contribution is 7.89. The summed E-state index contributed by atoms with van der Waals surface area (Å²) in [6.07, 6.45) is -4.85. The van der Waals surface area contributed by atoms with Crippen LogP contribution in [0.5, 0.6) is 5.75 Å². The van der Waals surface area contributed by atoms with Crippen LogP contribution in [0.3, 0.4) is 0 Å². The lowest BCUT2D eigenvalue weighted by Gasteiger charge is -2.06.